The van der Waals surface area contributed by atoms with E-state index in [1.165, 1.54) is 22.6 Å². The van der Waals surface area contributed by atoms with Gasteiger partial charge in [-0.2, -0.15) is 0 Å². The van der Waals surface area contributed by atoms with Gasteiger partial charge in [0.05, 0.1) is 0 Å². The second-order valence-corrected chi connectivity index (χ2v) is 4.83. The van der Waals surface area contributed by atoms with Crippen LogP contribution in [0.2, 0.25) is 0 Å². The number of benzene rings is 1. The molecule has 0 radical (unpaired) electrons. The summed E-state index contributed by atoms with van der Waals surface area (Å²) in [5.74, 6) is 6.47. The van der Waals surface area contributed by atoms with Gasteiger partial charge in [-0.05, 0) is 42.4 Å². The van der Waals surface area contributed by atoms with E-state index in [2.05, 4.69) is 0 Å². The molecule has 1 aromatic rings. The molecule has 1 amide bonds. The lowest BCUT2D eigenvalue weighted by atomic mass is 10.1. The van der Waals surface area contributed by atoms with Crippen LogP contribution in [0.4, 0.5) is 0 Å². The summed E-state index contributed by atoms with van der Waals surface area (Å²) in [6.45, 7) is 0. The molecule has 0 saturated heterocycles. The van der Waals surface area contributed by atoms with E-state index in [1.54, 1.807) is 7.05 Å². The molecule has 0 atom stereocenters. The summed E-state index contributed by atoms with van der Waals surface area (Å²) >= 11 is 1.86. The first-order valence-electron chi connectivity index (χ1n) is 4.97. The highest BCUT2D eigenvalue weighted by Crippen LogP contribution is 2.30. The van der Waals surface area contributed by atoms with Gasteiger partial charge in [-0.1, -0.05) is 0 Å². The van der Waals surface area contributed by atoms with Crippen molar-refractivity contribution in [1.29, 1.82) is 0 Å². The van der Waals surface area contributed by atoms with E-state index in [0.717, 1.165) is 11.4 Å². The molecule has 0 saturated carbocycles. The normalized spacial score (nSPS) is 14.5. The summed E-state index contributed by atoms with van der Waals surface area (Å²) < 4.78 is 0. The Kier molecular flexibility index (Phi) is 2.98. The number of nitrogens with two attached hydrogens (primary N) is 1. The van der Waals surface area contributed by atoms with Crippen LogP contribution in [0.25, 0.3) is 0 Å². The highest BCUT2D eigenvalue weighted by molar-refractivity contribution is 7.99. The quantitative estimate of drug-likeness (QED) is 0.446. The lowest BCUT2D eigenvalue weighted by molar-refractivity contribution is 0.0795. The Balaban J connectivity index is 2.32. The summed E-state index contributed by atoms with van der Waals surface area (Å²) in [6, 6.07) is 5.84. The van der Waals surface area contributed by atoms with Crippen molar-refractivity contribution in [1.82, 2.24) is 5.01 Å². The second-order valence-electron chi connectivity index (χ2n) is 3.69. The molecule has 1 aromatic carbocycles. The van der Waals surface area contributed by atoms with E-state index >= 15 is 0 Å². The van der Waals surface area contributed by atoms with Gasteiger partial charge in [0.2, 0.25) is 0 Å². The molecule has 15 heavy (non-hydrogen) atoms. The third-order valence-electron chi connectivity index (χ3n) is 2.48. The molecule has 1 aliphatic heterocycles. The molecular weight excluding hydrogens is 208 g/mol. The number of rotatable bonds is 1. The minimum absolute atomic E-state index is 0.131. The number of aryl methyl sites for hydroxylation is 1. The zero-order valence-corrected chi connectivity index (χ0v) is 9.51. The van der Waals surface area contributed by atoms with E-state index < -0.39 is 0 Å². The second kappa shape index (κ2) is 4.24. The predicted molar refractivity (Wildman–Crippen MR) is 61.8 cm³/mol. The molecule has 0 aromatic heterocycles. The molecule has 0 fully saturated rings. The lowest BCUT2D eigenvalue weighted by Gasteiger charge is -2.17. The fraction of sp³-hybridized carbons (Fsp3) is 0.364. The van der Waals surface area contributed by atoms with Gasteiger partial charge in [-0.3, -0.25) is 9.80 Å². The lowest BCUT2D eigenvalue weighted by Crippen LogP contribution is -2.33. The average Bonchev–Trinajstić information content (AvgIpc) is 2.27. The number of thioether (sulfide) groups is 1. The fourth-order valence-corrected chi connectivity index (χ4v) is 2.72. The number of carbonyl (C=O) groups is 1. The predicted octanol–water partition coefficient (Wildman–Crippen LogP) is 1.67. The molecule has 1 aliphatic rings. The van der Waals surface area contributed by atoms with Crippen LogP contribution in [0, 0.1) is 0 Å². The van der Waals surface area contributed by atoms with Gasteiger partial charge in [0.25, 0.3) is 5.91 Å². The minimum Gasteiger partial charge on any atom is -0.280 e. The molecule has 80 valence electrons. The van der Waals surface area contributed by atoms with Gasteiger partial charge in [0.1, 0.15) is 0 Å². The van der Waals surface area contributed by atoms with Crippen molar-refractivity contribution in [2.75, 3.05) is 12.8 Å². The molecular formula is C11H14N2OS. The number of hydrogen-bond acceptors (Lipinski definition) is 3. The Bertz CT molecular complexity index is 390. The summed E-state index contributed by atoms with van der Waals surface area (Å²) in [5, 5.41) is 1.12. The number of carbonyl (C=O) groups excluding carboxylic acids is 1. The fourth-order valence-electron chi connectivity index (χ4n) is 1.70. The highest BCUT2D eigenvalue weighted by atomic mass is 32.2. The van der Waals surface area contributed by atoms with Crippen LogP contribution in [0.3, 0.4) is 0 Å². The van der Waals surface area contributed by atoms with Crippen LogP contribution in [0.1, 0.15) is 22.3 Å². The number of hydrazine groups is 1. The van der Waals surface area contributed by atoms with Crippen LogP contribution in [-0.2, 0) is 6.42 Å². The number of amides is 1. The zero-order chi connectivity index (χ0) is 10.8. The van der Waals surface area contributed by atoms with E-state index in [1.807, 2.05) is 30.0 Å². The Hall–Kier alpha value is -1.00. The first kappa shape index (κ1) is 10.5. The Labute approximate surface area is 93.6 Å². The molecule has 0 bridgehead atoms. The van der Waals surface area contributed by atoms with Gasteiger partial charge in [-0.15, -0.1) is 11.8 Å². The topological polar surface area (TPSA) is 46.3 Å². The monoisotopic (exact) mass is 222 g/mol. The maximum absolute atomic E-state index is 11.6. The zero-order valence-electron chi connectivity index (χ0n) is 8.69. The van der Waals surface area contributed by atoms with Crippen molar-refractivity contribution in [2.24, 2.45) is 5.84 Å². The molecule has 2 rings (SSSR count). The SMILES string of the molecule is CN(N)C(=O)c1ccc2c(c1)CCCS2. The van der Waals surface area contributed by atoms with Crippen molar-refractivity contribution in [2.45, 2.75) is 17.7 Å². The molecule has 2 N–H and O–H groups in total. The van der Waals surface area contributed by atoms with Crippen molar-refractivity contribution >= 4 is 17.7 Å². The largest absolute Gasteiger partial charge is 0.280 e. The maximum Gasteiger partial charge on any atom is 0.267 e. The van der Waals surface area contributed by atoms with Crippen LogP contribution in [-0.4, -0.2) is 23.7 Å². The first-order chi connectivity index (χ1) is 7.18. The van der Waals surface area contributed by atoms with E-state index in [0.29, 0.717) is 5.56 Å². The standard InChI is InChI=1S/C11H14N2OS/c1-13(12)11(14)9-4-5-10-8(7-9)3-2-6-15-10/h4-5,7H,2-3,6,12H2,1H3. The third-order valence-corrected chi connectivity index (χ3v) is 3.68. The van der Waals surface area contributed by atoms with Crippen LogP contribution >= 0.6 is 11.8 Å². The third kappa shape index (κ3) is 2.16. The van der Waals surface area contributed by atoms with Crippen molar-refractivity contribution in [3.8, 4) is 0 Å². The summed E-state index contributed by atoms with van der Waals surface area (Å²) in [6.07, 6.45) is 2.26. The average molecular weight is 222 g/mol. The Morgan fingerprint density at radius 1 is 1.53 bits per heavy atom. The smallest absolute Gasteiger partial charge is 0.267 e. The molecule has 0 spiro atoms. The minimum atomic E-state index is -0.131. The Morgan fingerprint density at radius 3 is 3.07 bits per heavy atom. The van der Waals surface area contributed by atoms with Gasteiger partial charge in [0.15, 0.2) is 0 Å². The van der Waals surface area contributed by atoms with Crippen LogP contribution < -0.4 is 5.84 Å². The van der Waals surface area contributed by atoms with Crippen molar-refractivity contribution in [3.05, 3.63) is 29.3 Å². The van der Waals surface area contributed by atoms with E-state index in [9.17, 15) is 4.79 Å². The van der Waals surface area contributed by atoms with Crippen LogP contribution in [0.15, 0.2) is 23.1 Å². The summed E-state index contributed by atoms with van der Waals surface area (Å²) in [7, 11) is 1.57. The molecule has 0 unspecified atom stereocenters. The Morgan fingerprint density at radius 2 is 2.33 bits per heavy atom. The number of nitrogens with zero attached hydrogens (tertiary/aromatic N) is 1. The van der Waals surface area contributed by atoms with Crippen LogP contribution in [0.5, 0.6) is 0 Å². The maximum atomic E-state index is 11.6. The van der Waals surface area contributed by atoms with Gasteiger partial charge >= 0.3 is 0 Å². The molecule has 3 nitrogen and oxygen atoms in total. The van der Waals surface area contributed by atoms with Gasteiger partial charge in [-0.25, -0.2) is 5.84 Å². The molecule has 1 heterocycles. The molecule has 4 heteroatoms. The van der Waals surface area contributed by atoms with Gasteiger partial charge < -0.3 is 0 Å². The van der Waals surface area contributed by atoms with E-state index in [4.69, 9.17) is 5.84 Å². The first-order valence-corrected chi connectivity index (χ1v) is 5.95. The molecule has 0 aliphatic carbocycles. The highest BCUT2D eigenvalue weighted by Gasteiger charge is 2.14. The summed E-state index contributed by atoms with van der Waals surface area (Å²) in [5.41, 5.74) is 1.96. The summed E-state index contributed by atoms with van der Waals surface area (Å²) in [4.78, 5) is 12.9. The number of fused-ring (bicyclic) bond motifs is 1. The van der Waals surface area contributed by atoms with Crippen molar-refractivity contribution < 1.29 is 4.79 Å². The van der Waals surface area contributed by atoms with Gasteiger partial charge in [0, 0.05) is 17.5 Å². The van der Waals surface area contributed by atoms with Crippen molar-refractivity contribution in [3.63, 3.8) is 0 Å². The number of hydrogen-bond donors (Lipinski definition) is 1. The van der Waals surface area contributed by atoms with E-state index in [-0.39, 0.29) is 5.91 Å².